The van der Waals surface area contributed by atoms with Crippen molar-refractivity contribution in [2.45, 2.75) is 0 Å². The molecule has 2 aromatic heterocycles. The van der Waals surface area contributed by atoms with E-state index in [4.69, 9.17) is 4.74 Å². The van der Waals surface area contributed by atoms with Crippen molar-refractivity contribution < 1.29 is 14.5 Å². The Hall–Kier alpha value is -4.07. The molecule has 0 aliphatic carbocycles. The Labute approximate surface area is 159 Å². The number of ether oxygens (including phenoxy) is 1. The minimum Gasteiger partial charge on any atom is -0.464 e. The van der Waals surface area contributed by atoms with Gasteiger partial charge in [0.05, 0.1) is 17.7 Å². The average molecular weight is 374 g/mol. The van der Waals surface area contributed by atoms with Crippen molar-refractivity contribution >= 4 is 22.4 Å². The van der Waals surface area contributed by atoms with Gasteiger partial charge in [0.15, 0.2) is 5.69 Å². The first kappa shape index (κ1) is 17.3. The fraction of sp³-hybridized carbons (Fsp3) is 0.0500. The number of nitrogens with zero attached hydrogens (tertiary/aromatic N) is 4. The molecule has 0 atom stereocenters. The zero-order valence-electron chi connectivity index (χ0n) is 14.8. The molecule has 0 amide bonds. The molecule has 2 heterocycles. The van der Waals surface area contributed by atoms with Gasteiger partial charge in [-0.2, -0.15) is 5.10 Å². The van der Waals surface area contributed by atoms with E-state index in [9.17, 15) is 14.9 Å². The predicted molar refractivity (Wildman–Crippen MR) is 102 cm³/mol. The van der Waals surface area contributed by atoms with Crippen molar-refractivity contribution in [1.82, 2.24) is 14.8 Å². The molecule has 2 aromatic carbocycles. The molecular weight excluding hydrogens is 360 g/mol. The number of benzene rings is 2. The molecule has 0 fully saturated rings. The highest BCUT2D eigenvalue weighted by atomic mass is 16.6. The Balaban J connectivity index is 1.91. The third-order valence-corrected chi connectivity index (χ3v) is 4.31. The van der Waals surface area contributed by atoms with Gasteiger partial charge in [-0.15, -0.1) is 0 Å². The van der Waals surface area contributed by atoms with Crippen molar-refractivity contribution in [1.29, 1.82) is 0 Å². The van der Waals surface area contributed by atoms with Crippen LogP contribution in [0.1, 0.15) is 10.5 Å². The van der Waals surface area contributed by atoms with Gasteiger partial charge >= 0.3 is 11.7 Å². The zero-order chi connectivity index (χ0) is 19.7. The number of hydrogen-bond acceptors (Lipinski definition) is 6. The van der Waals surface area contributed by atoms with Gasteiger partial charge in [-0.3, -0.25) is 10.1 Å². The molecule has 138 valence electrons. The van der Waals surface area contributed by atoms with E-state index in [2.05, 4.69) is 10.1 Å². The van der Waals surface area contributed by atoms with Gasteiger partial charge in [-0.1, -0.05) is 36.4 Å². The molecule has 0 radical (unpaired) electrons. The van der Waals surface area contributed by atoms with E-state index < -0.39 is 10.9 Å². The van der Waals surface area contributed by atoms with Crippen LogP contribution in [0.5, 0.6) is 0 Å². The Morgan fingerprint density at radius 2 is 1.86 bits per heavy atom. The van der Waals surface area contributed by atoms with Crippen molar-refractivity contribution in [2.24, 2.45) is 0 Å². The van der Waals surface area contributed by atoms with Gasteiger partial charge < -0.3 is 4.74 Å². The number of methoxy groups -OCH3 is 1. The van der Waals surface area contributed by atoms with E-state index in [1.807, 2.05) is 42.5 Å². The molecular formula is C20H14N4O4. The van der Waals surface area contributed by atoms with Crippen LogP contribution in [-0.4, -0.2) is 32.8 Å². The Morgan fingerprint density at radius 3 is 2.61 bits per heavy atom. The van der Waals surface area contributed by atoms with E-state index >= 15 is 0 Å². The maximum atomic E-state index is 12.3. The first-order valence-electron chi connectivity index (χ1n) is 8.36. The largest absolute Gasteiger partial charge is 0.464 e. The summed E-state index contributed by atoms with van der Waals surface area (Å²) in [7, 11) is 1.24. The topological polar surface area (TPSA) is 100 Å². The van der Waals surface area contributed by atoms with Gasteiger partial charge in [0, 0.05) is 17.8 Å². The summed E-state index contributed by atoms with van der Waals surface area (Å²) >= 11 is 0. The van der Waals surface area contributed by atoms with Crippen LogP contribution >= 0.6 is 0 Å². The molecule has 0 saturated heterocycles. The number of hydrogen-bond donors (Lipinski definition) is 0. The molecule has 0 spiro atoms. The third-order valence-electron chi connectivity index (χ3n) is 4.31. The van der Waals surface area contributed by atoms with Crippen LogP contribution in [0, 0.1) is 10.1 Å². The summed E-state index contributed by atoms with van der Waals surface area (Å²) < 4.78 is 5.97. The maximum Gasteiger partial charge on any atom is 0.356 e. The number of nitro groups is 1. The van der Waals surface area contributed by atoms with E-state index in [0.717, 1.165) is 21.0 Å². The molecule has 0 aliphatic heterocycles. The molecule has 0 aliphatic rings. The first-order valence-corrected chi connectivity index (χ1v) is 8.36. The molecule has 4 aromatic rings. The van der Waals surface area contributed by atoms with Crippen molar-refractivity contribution in [3.8, 4) is 17.1 Å². The number of aromatic nitrogens is 3. The molecule has 0 unspecified atom stereocenters. The summed E-state index contributed by atoms with van der Waals surface area (Å²) in [6.45, 7) is 0. The summed E-state index contributed by atoms with van der Waals surface area (Å²) in [4.78, 5) is 27.1. The number of fused-ring (bicyclic) bond motifs is 1. The number of pyridine rings is 1. The molecule has 8 heteroatoms. The summed E-state index contributed by atoms with van der Waals surface area (Å²) in [5, 5.41) is 17.9. The SMILES string of the molecule is COC(=O)c1cc(-c2ccc3ccccc3c2)nn1-c1ncccc1[N+](=O)[O-]. The van der Waals surface area contributed by atoms with Gasteiger partial charge in [0.25, 0.3) is 0 Å². The summed E-state index contributed by atoms with van der Waals surface area (Å²) in [6.07, 6.45) is 1.40. The zero-order valence-corrected chi connectivity index (χ0v) is 14.8. The monoisotopic (exact) mass is 374 g/mol. The minimum atomic E-state index is -0.667. The Kier molecular flexibility index (Phi) is 4.29. The van der Waals surface area contributed by atoms with E-state index in [-0.39, 0.29) is 17.2 Å². The normalized spacial score (nSPS) is 10.8. The van der Waals surface area contributed by atoms with E-state index in [1.165, 1.54) is 31.5 Å². The molecule has 0 N–H and O–H groups in total. The highest BCUT2D eigenvalue weighted by Crippen LogP contribution is 2.28. The number of esters is 1. The highest BCUT2D eigenvalue weighted by molar-refractivity contribution is 5.91. The second-order valence-corrected chi connectivity index (χ2v) is 5.98. The van der Waals surface area contributed by atoms with Gasteiger partial charge in [0.2, 0.25) is 5.82 Å². The Morgan fingerprint density at radius 1 is 1.07 bits per heavy atom. The average Bonchev–Trinajstić information content (AvgIpc) is 3.18. The molecule has 0 saturated carbocycles. The first-order chi connectivity index (χ1) is 13.6. The van der Waals surface area contributed by atoms with Crippen molar-refractivity contribution in [3.63, 3.8) is 0 Å². The summed E-state index contributed by atoms with van der Waals surface area (Å²) in [6, 6.07) is 17.9. The molecule has 8 nitrogen and oxygen atoms in total. The second kappa shape index (κ2) is 6.92. The summed E-state index contributed by atoms with van der Waals surface area (Å²) in [5.74, 6) is -0.723. The summed E-state index contributed by atoms with van der Waals surface area (Å²) in [5.41, 5.74) is 1.03. The van der Waals surface area contributed by atoms with E-state index in [1.54, 1.807) is 0 Å². The lowest BCUT2D eigenvalue weighted by atomic mass is 10.1. The van der Waals surface area contributed by atoms with Gasteiger partial charge in [-0.25, -0.2) is 14.5 Å². The van der Waals surface area contributed by atoms with Crippen LogP contribution in [0.25, 0.3) is 27.8 Å². The van der Waals surface area contributed by atoms with Crippen molar-refractivity contribution in [2.75, 3.05) is 7.11 Å². The van der Waals surface area contributed by atoms with Crippen LogP contribution in [0.4, 0.5) is 5.69 Å². The lowest BCUT2D eigenvalue weighted by Gasteiger charge is -2.05. The standard InChI is InChI=1S/C20H14N4O4/c1-28-20(25)18-12-16(15-9-8-13-5-2-3-6-14(13)11-15)22-23(18)19-17(24(26)27)7-4-10-21-19/h2-12H,1H3. The lowest BCUT2D eigenvalue weighted by Crippen LogP contribution is -2.12. The molecule has 0 bridgehead atoms. The highest BCUT2D eigenvalue weighted by Gasteiger charge is 2.24. The third kappa shape index (κ3) is 2.96. The predicted octanol–water partition coefficient (Wildman–Crippen LogP) is 3.78. The lowest BCUT2D eigenvalue weighted by molar-refractivity contribution is -0.384. The minimum absolute atomic E-state index is 0.0486. The molecule has 28 heavy (non-hydrogen) atoms. The fourth-order valence-electron chi connectivity index (χ4n) is 2.98. The van der Waals surface area contributed by atoms with Crippen LogP contribution < -0.4 is 0 Å². The number of carbonyl (C=O) groups excluding carboxylic acids is 1. The van der Waals surface area contributed by atoms with Crippen LogP contribution in [0.15, 0.2) is 66.9 Å². The van der Waals surface area contributed by atoms with Gasteiger partial charge in [-0.05, 0) is 29.0 Å². The van der Waals surface area contributed by atoms with Crippen LogP contribution in [0.3, 0.4) is 0 Å². The maximum absolute atomic E-state index is 12.3. The van der Waals surface area contributed by atoms with Crippen LogP contribution in [0.2, 0.25) is 0 Å². The Bertz CT molecular complexity index is 1220. The van der Waals surface area contributed by atoms with Crippen LogP contribution in [-0.2, 0) is 4.74 Å². The smallest absolute Gasteiger partial charge is 0.356 e. The number of rotatable bonds is 4. The molecule has 4 rings (SSSR count). The number of carbonyl (C=O) groups is 1. The van der Waals surface area contributed by atoms with E-state index in [0.29, 0.717) is 5.69 Å². The fourth-order valence-corrected chi connectivity index (χ4v) is 2.98. The second-order valence-electron chi connectivity index (χ2n) is 5.98. The van der Waals surface area contributed by atoms with Crippen molar-refractivity contribution in [3.05, 3.63) is 82.7 Å². The van der Waals surface area contributed by atoms with Gasteiger partial charge in [0.1, 0.15) is 0 Å². The quantitative estimate of drug-likeness (QED) is 0.306.